The van der Waals surface area contributed by atoms with Crippen molar-refractivity contribution in [3.8, 4) is 0 Å². The van der Waals surface area contributed by atoms with Gasteiger partial charge in [-0.25, -0.2) is 9.97 Å². The van der Waals surface area contributed by atoms with Gasteiger partial charge in [0, 0.05) is 25.0 Å². The van der Waals surface area contributed by atoms with E-state index in [4.69, 9.17) is 28.3 Å². The Labute approximate surface area is 242 Å². The van der Waals surface area contributed by atoms with Crippen LogP contribution in [0.15, 0.2) is 46.3 Å². The molecule has 40 heavy (non-hydrogen) atoms. The summed E-state index contributed by atoms with van der Waals surface area (Å²) in [5, 5.41) is 17.0. The average molecular weight is 623 g/mol. The topological polar surface area (TPSA) is 146 Å². The lowest BCUT2D eigenvalue weighted by molar-refractivity contribution is -0.137. The maximum absolute atomic E-state index is 12.5. The molecule has 1 atom stereocenters. The van der Waals surface area contributed by atoms with Crippen molar-refractivity contribution in [1.82, 2.24) is 20.6 Å². The van der Waals surface area contributed by atoms with Crippen LogP contribution in [0, 0.1) is 0 Å². The molecule has 0 aromatic carbocycles. The molecule has 0 spiro atoms. The maximum Gasteiger partial charge on any atom is 0.418 e. The second-order valence-corrected chi connectivity index (χ2v) is 9.54. The van der Waals surface area contributed by atoms with Gasteiger partial charge in [0.1, 0.15) is 23.2 Å². The number of aromatic nitrogens is 2. The molecule has 0 radical (unpaired) electrons. The molecule has 16 heteroatoms. The molecule has 1 unspecified atom stereocenters. The number of aliphatic imine (C=N–C) groups is 1. The Kier molecular flexibility index (Phi) is 14.3. The minimum atomic E-state index is -4.44. The summed E-state index contributed by atoms with van der Waals surface area (Å²) >= 11 is 12.8. The predicted molar refractivity (Wildman–Crippen MR) is 149 cm³/mol. The number of thiazole rings is 1. The van der Waals surface area contributed by atoms with Gasteiger partial charge >= 0.3 is 12.1 Å². The molecule has 4 N–H and O–H groups in total. The summed E-state index contributed by atoms with van der Waals surface area (Å²) in [4.78, 5) is 46.0. The van der Waals surface area contributed by atoms with E-state index in [2.05, 4.69) is 30.9 Å². The number of carbonyl (C=O) groups is 3. The van der Waals surface area contributed by atoms with Crippen molar-refractivity contribution in [2.24, 2.45) is 4.99 Å². The van der Waals surface area contributed by atoms with Gasteiger partial charge in [-0.3, -0.25) is 19.4 Å². The molecule has 0 bridgehead atoms. The molecular formula is C24H27Cl2F3N6O4S. The Balaban J connectivity index is 0.000000512. The Morgan fingerprint density at radius 2 is 1.95 bits per heavy atom. The van der Waals surface area contributed by atoms with E-state index in [1.165, 1.54) is 31.5 Å². The number of amides is 1. The summed E-state index contributed by atoms with van der Waals surface area (Å²) in [5.74, 6) is -1.36. The zero-order valence-corrected chi connectivity index (χ0v) is 24.1. The van der Waals surface area contributed by atoms with Gasteiger partial charge in [-0.15, -0.1) is 11.3 Å². The quantitative estimate of drug-likeness (QED) is 0.119. The van der Waals surface area contributed by atoms with Gasteiger partial charge in [-0.1, -0.05) is 36.2 Å². The number of anilines is 1. The lowest BCUT2D eigenvalue weighted by Crippen LogP contribution is -2.29. The van der Waals surface area contributed by atoms with Crippen molar-refractivity contribution in [3.05, 3.63) is 61.8 Å². The number of pyridine rings is 1. The van der Waals surface area contributed by atoms with E-state index in [1.807, 2.05) is 6.92 Å². The van der Waals surface area contributed by atoms with E-state index in [-0.39, 0.29) is 22.3 Å². The highest BCUT2D eigenvalue weighted by molar-refractivity contribution is 7.13. The van der Waals surface area contributed by atoms with Crippen molar-refractivity contribution in [1.29, 1.82) is 0 Å². The van der Waals surface area contributed by atoms with Crippen molar-refractivity contribution < 1.29 is 32.7 Å². The fourth-order valence-electron chi connectivity index (χ4n) is 2.57. The smallest absolute Gasteiger partial charge is 0.418 e. The van der Waals surface area contributed by atoms with E-state index >= 15 is 0 Å². The first-order chi connectivity index (χ1) is 18.7. The molecule has 0 fully saturated rings. The molecule has 2 aromatic rings. The molecule has 1 amide bonds. The van der Waals surface area contributed by atoms with Crippen LogP contribution in [0.2, 0.25) is 5.02 Å². The predicted octanol–water partition coefficient (Wildman–Crippen LogP) is 5.44. The Morgan fingerprint density at radius 3 is 2.48 bits per heavy atom. The van der Waals surface area contributed by atoms with Gasteiger partial charge in [0.25, 0.3) is 0 Å². The van der Waals surface area contributed by atoms with Gasteiger partial charge in [0.05, 0.1) is 26.5 Å². The van der Waals surface area contributed by atoms with E-state index in [9.17, 15) is 27.6 Å². The highest BCUT2D eigenvalue weighted by Crippen LogP contribution is 2.35. The molecule has 10 nitrogen and oxygen atoms in total. The van der Waals surface area contributed by atoms with Gasteiger partial charge in [-0.05, 0) is 32.5 Å². The molecule has 2 heterocycles. The number of allylic oxidation sites excluding steroid dienone is 1. The zero-order chi connectivity index (χ0) is 30.5. The number of aldehydes is 1. The molecule has 2 rings (SSSR count). The summed E-state index contributed by atoms with van der Waals surface area (Å²) in [6, 6.07) is 0.436. The maximum atomic E-state index is 12.5. The van der Waals surface area contributed by atoms with Crippen molar-refractivity contribution in [2.75, 3.05) is 18.9 Å². The van der Waals surface area contributed by atoms with Crippen LogP contribution in [0.5, 0.6) is 0 Å². The third-order valence-corrected chi connectivity index (χ3v) is 6.49. The third kappa shape index (κ3) is 11.3. The Hall–Kier alpha value is -3.49. The summed E-state index contributed by atoms with van der Waals surface area (Å²) in [6.07, 6.45) is 2.79. The molecule has 2 aromatic heterocycles. The summed E-state index contributed by atoms with van der Waals surface area (Å²) in [5.41, 5.74) is -0.717. The van der Waals surface area contributed by atoms with Crippen LogP contribution in [-0.4, -0.2) is 52.7 Å². The fraction of sp³-hybridized carbons (Fsp3) is 0.333. The molecular weight excluding hydrogens is 596 g/mol. The third-order valence-electron chi connectivity index (χ3n) is 4.62. The largest absolute Gasteiger partial charge is 0.480 e. The van der Waals surface area contributed by atoms with E-state index in [0.717, 1.165) is 18.7 Å². The first-order valence-corrected chi connectivity index (χ1v) is 13.0. The van der Waals surface area contributed by atoms with Crippen LogP contribution < -0.4 is 16.0 Å². The number of alkyl halides is 3. The van der Waals surface area contributed by atoms with Crippen LogP contribution in [0.1, 0.15) is 53.5 Å². The minimum Gasteiger partial charge on any atom is -0.480 e. The number of aliphatic carboxylic acids is 1. The number of hydrogen-bond donors (Lipinski definition) is 4. The normalized spacial score (nSPS) is 13.1. The number of hydrogen-bond acceptors (Lipinski definition) is 8. The summed E-state index contributed by atoms with van der Waals surface area (Å²) < 4.78 is 36.7. The number of carboxylic acids is 1. The second-order valence-electron chi connectivity index (χ2n) is 7.66. The highest BCUT2D eigenvalue weighted by Gasteiger charge is 2.33. The number of carboxylic acid groups (broad SMARTS) is 1. The van der Waals surface area contributed by atoms with Crippen LogP contribution in [0.25, 0.3) is 0 Å². The van der Waals surface area contributed by atoms with Crippen LogP contribution in [0.3, 0.4) is 0 Å². The molecule has 0 aliphatic rings. The zero-order valence-electron chi connectivity index (χ0n) is 21.8. The Bertz CT molecular complexity index is 1280. The highest BCUT2D eigenvalue weighted by atomic mass is 35.5. The van der Waals surface area contributed by atoms with Crippen molar-refractivity contribution in [2.45, 2.75) is 39.4 Å². The summed E-state index contributed by atoms with van der Waals surface area (Å²) in [6.45, 7) is 4.68. The van der Waals surface area contributed by atoms with E-state index in [1.54, 1.807) is 19.2 Å². The molecule has 0 aliphatic heterocycles. The van der Waals surface area contributed by atoms with Gasteiger partial charge in [0.2, 0.25) is 5.91 Å². The van der Waals surface area contributed by atoms with Crippen molar-refractivity contribution in [3.63, 3.8) is 0 Å². The van der Waals surface area contributed by atoms with Crippen molar-refractivity contribution >= 4 is 64.4 Å². The summed E-state index contributed by atoms with van der Waals surface area (Å²) in [7, 11) is 1.48. The van der Waals surface area contributed by atoms with Gasteiger partial charge in [0.15, 0.2) is 6.29 Å². The first kappa shape index (κ1) is 34.5. The molecule has 0 saturated carbocycles. The second kappa shape index (κ2) is 16.6. The van der Waals surface area contributed by atoms with Crippen LogP contribution >= 0.6 is 34.5 Å². The molecule has 218 valence electrons. The lowest BCUT2D eigenvalue weighted by Gasteiger charge is -2.13. The monoisotopic (exact) mass is 622 g/mol. The lowest BCUT2D eigenvalue weighted by atomic mass is 10.2. The van der Waals surface area contributed by atoms with Gasteiger partial charge in [-0.2, -0.15) is 13.2 Å². The van der Waals surface area contributed by atoms with Crippen LogP contribution in [-0.2, 0) is 15.8 Å². The van der Waals surface area contributed by atoms with Gasteiger partial charge < -0.3 is 21.1 Å². The number of amidine groups is 1. The fourth-order valence-corrected chi connectivity index (χ4v) is 3.72. The number of rotatable bonds is 10. The van der Waals surface area contributed by atoms with E-state index < -0.39 is 41.2 Å². The minimum absolute atomic E-state index is 0.00872. The first-order valence-electron chi connectivity index (χ1n) is 11.4. The Morgan fingerprint density at radius 1 is 1.27 bits per heavy atom. The van der Waals surface area contributed by atoms with E-state index in [0.29, 0.717) is 16.2 Å². The number of nitrogens with one attached hydrogen (secondary N) is 3. The SMILES string of the molecule is CC/C=C/NC(=NCC(=O)O)/C(Cl)=C(\C)C(=O)NC(C)c1ncc(C=O)s1.CNc1cc(C(F)(F)F)c(Cl)cn1. The number of carbonyl (C=O) groups excluding carboxylic acids is 2. The number of nitrogens with zero attached hydrogens (tertiary/aromatic N) is 3. The molecule has 0 saturated heterocycles. The van der Waals surface area contributed by atoms with Crippen LogP contribution in [0.4, 0.5) is 19.0 Å². The molecule has 0 aliphatic carbocycles. The standard InChI is InChI=1S/C17H21ClN4O4S.C7H6ClF3N2/c1-4-5-6-19-15(20-8-13(24)25)14(18)10(2)16(26)22-11(3)17-21-7-12(9-23)27-17;1-12-6-2-4(7(9,10)11)5(8)3-13-6/h5-7,9,11H,4,8H2,1-3H3,(H,19,20)(H,22,26)(H,24,25);2-3H,1H3,(H,12,13)/b6-5+,14-10-;. The number of halogens is 5. The average Bonchev–Trinajstić information content (AvgIpc) is 3.39.